The molecule has 0 atom stereocenters. The Balaban J connectivity index is 0.000000207. The summed E-state index contributed by atoms with van der Waals surface area (Å²) in [6.07, 6.45) is 10.6. The van der Waals surface area contributed by atoms with Crippen molar-refractivity contribution < 1.29 is 4.79 Å². The average Bonchev–Trinajstić information content (AvgIpc) is 3.30. The van der Waals surface area contributed by atoms with Gasteiger partial charge in [-0.15, -0.1) is 0 Å². The summed E-state index contributed by atoms with van der Waals surface area (Å²) in [6, 6.07) is 14.2. The van der Waals surface area contributed by atoms with Crippen molar-refractivity contribution in [1.82, 2.24) is 4.90 Å². The van der Waals surface area contributed by atoms with Crippen LogP contribution in [0.5, 0.6) is 0 Å². The Hall–Kier alpha value is -2.65. The zero-order chi connectivity index (χ0) is 22.3. The predicted molar refractivity (Wildman–Crippen MR) is 135 cm³/mol. The third kappa shape index (κ3) is 5.39. The van der Waals surface area contributed by atoms with E-state index in [0.29, 0.717) is 0 Å². The molecule has 3 heteroatoms. The molecule has 3 nitrogen and oxygen atoms in total. The highest BCUT2D eigenvalue weighted by Gasteiger charge is 2.21. The van der Waals surface area contributed by atoms with Crippen molar-refractivity contribution in [3.8, 4) is 0 Å². The number of hydrogen-bond donors (Lipinski definition) is 1. The van der Waals surface area contributed by atoms with Gasteiger partial charge in [-0.05, 0) is 91.7 Å². The van der Waals surface area contributed by atoms with Crippen LogP contribution in [0.2, 0.25) is 0 Å². The molecule has 0 radical (unpaired) electrons. The molecule has 1 fully saturated rings. The molecule has 0 bridgehead atoms. The number of hydrogen-bond acceptors (Lipinski definition) is 3. The molecule has 0 aromatic heterocycles. The van der Waals surface area contributed by atoms with Gasteiger partial charge in [0.05, 0.1) is 0 Å². The summed E-state index contributed by atoms with van der Waals surface area (Å²) in [5.41, 5.74) is 7.52. The van der Waals surface area contributed by atoms with Crippen molar-refractivity contribution in [1.29, 1.82) is 0 Å². The molecule has 0 saturated carbocycles. The second-order valence-electron chi connectivity index (χ2n) is 9.16. The molecule has 1 saturated heterocycles. The summed E-state index contributed by atoms with van der Waals surface area (Å²) < 4.78 is 0. The molecule has 1 aliphatic carbocycles. The zero-order valence-electron chi connectivity index (χ0n) is 19.5. The third-order valence-corrected chi connectivity index (χ3v) is 6.77. The maximum absolute atomic E-state index is 12.3. The van der Waals surface area contributed by atoms with Crippen LogP contribution in [0, 0.1) is 0 Å². The van der Waals surface area contributed by atoms with Crippen molar-refractivity contribution in [2.45, 2.75) is 51.9 Å². The highest BCUT2D eigenvalue weighted by atomic mass is 16.1. The minimum Gasteiger partial charge on any atom is -0.384 e. The maximum Gasteiger partial charge on any atom is 0.186 e. The molecule has 1 N–H and O–H groups in total. The van der Waals surface area contributed by atoms with Crippen LogP contribution in [0.1, 0.15) is 66.1 Å². The van der Waals surface area contributed by atoms with E-state index in [2.05, 4.69) is 41.9 Å². The largest absolute Gasteiger partial charge is 0.384 e. The number of likely N-dealkylation sites (tertiary alicyclic amines) is 1. The van der Waals surface area contributed by atoms with E-state index in [1.165, 1.54) is 68.6 Å². The first-order valence-corrected chi connectivity index (χ1v) is 12.3. The van der Waals surface area contributed by atoms with Gasteiger partial charge in [-0.1, -0.05) is 62.7 Å². The molecule has 2 aliphatic heterocycles. The number of carbonyl (C=O) groups excluding carboxylic acids is 1. The van der Waals surface area contributed by atoms with E-state index in [4.69, 9.17) is 0 Å². The summed E-state index contributed by atoms with van der Waals surface area (Å²) in [4.78, 5) is 14.9. The van der Waals surface area contributed by atoms with Crippen LogP contribution in [0.4, 0.5) is 5.69 Å². The van der Waals surface area contributed by atoms with E-state index >= 15 is 0 Å². The van der Waals surface area contributed by atoms with Crippen LogP contribution in [0.3, 0.4) is 0 Å². The fourth-order valence-electron chi connectivity index (χ4n) is 4.85. The number of nitrogens with zero attached hydrogens (tertiary/aromatic N) is 1. The lowest BCUT2D eigenvalue weighted by Crippen LogP contribution is -2.30. The van der Waals surface area contributed by atoms with Crippen LogP contribution in [0.15, 0.2) is 60.7 Å². The maximum atomic E-state index is 12.3. The van der Waals surface area contributed by atoms with Gasteiger partial charge in [0.15, 0.2) is 5.78 Å². The number of ketones is 1. The number of unbranched alkanes of at least 4 members (excludes halogenated alkanes) is 1. The first-order chi connectivity index (χ1) is 15.7. The number of allylic oxidation sites excluding steroid dienone is 3. The Labute approximate surface area is 193 Å². The third-order valence-electron chi connectivity index (χ3n) is 6.77. The number of piperidine rings is 1. The highest BCUT2D eigenvalue weighted by Crippen LogP contribution is 2.33. The lowest BCUT2D eigenvalue weighted by molar-refractivity contribution is 0.104. The fourth-order valence-corrected chi connectivity index (χ4v) is 4.85. The second kappa shape index (κ2) is 10.8. The van der Waals surface area contributed by atoms with E-state index in [0.717, 1.165) is 41.7 Å². The minimum absolute atomic E-state index is 0.0808. The molecule has 2 heterocycles. The molecule has 0 spiro atoms. The Morgan fingerprint density at radius 1 is 1.03 bits per heavy atom. The first kappa shape index (κ1) is 22.5. The van der Waals surface area contributed by atoms with Crippen molar-refractivity contribution in [3.05, 3.63) is 82.9 Å². The zero-order valence-corrected chi connectivity index (χ0v) is 19.5. The van der Waals surface area contributed by atoms with E-state index < -0.39 is 0 Å². The Bertz CT molecular complexity index is 998. The molecular weight excluding hydrogens is 392 g/mol. The molecule has 2 aromatic carbocycles. The van der Waals surface area contributed by atoms with Crippen molar-refractivity contribution in [2.24, 2.45) is 0 Å². The Kier molecular flexibility index (Phi) is 7.59. The van der Waals surface area contributed by atoms with Crippen LogP contribution in [0.25, 0.3) is 5.57 Å². The average molecular weight is 429 g/mol. The highest BCUT2D eigenvalue weighted by molar-refractivity contribution is 6.13. The standard InChI is InChI=1S/C20H17NO.C9H19N/c1-13-16(12-20(22)18-5-3-2-4-17(13)18)10-14-6-7-15-8-9-21-19(15)11-14;1-2-3-7-10-8-5-4-6-9-10/h2-7,11-12,21H,1,8-10H2;2-9H2,1H3. The van der Waals surface area contributed by atoms with Crippen LogP contribution in [-0.2, 0) is 12.8 Å². The molecule has 0 amide bonds. The van der Waals surface area contributed by atoms with Gasteiger partial charge in [0.1, 0.15) is 0 Å². The number of carbonyl (C=O) groups is 1. The lowest BCUT2D eigenvalue weighted by atomic mass is 9.84. The molecule has 0 unspecified atom stereocenters. The van der Waals surface area contributed by atoms with Crippen molar-refractivity contribution in [3.63, 3.8) is 0 Å². The van der Waals surface area contributed by atoms with Gasteiger partial charge in [-0.3, -0.25) is 4.79 Å². The monoisotopic (exact) mass is 428 g/mol. The summed E-state index contributed by atoms with van der Waals surface area (Å²) in [5, 5.41) is 3.40. The van der Waals surface area contributed by atoms with Crippen LogP contribution < -0.4 is 5.32 Å². The van der Waals surface area contributed by atoms with Gasteiger partial charge in [0.25, 0.3) is 0 Å². The Morgan fingerprint density at radius 2 is 1.81 bits per heavy atom. The van der Waals surface area contributed by atoms with Crippen molar-refractivity contribution in [2.75, 3.05) is 31.5 Å². The van der Waals surface area contributed by atoms with Gasteiger partial charge in [-0.25, -0.2) is 0 Å². The molecule has 168 valence electrons. The number of benzene rings is 2. The number of nitrogens with one attached hydrogen (secondary N) is 1. The second-order valence-corrected chi connectivity index (χ2v) is 9.16. The summed E-state index contributed by atoms with van der Waals surface area (Å²) in [6.45, 7) is 11.6. The molecule has 32 heavy (non-hydrogen) atoms. The quantitative estimate of drug-likeness (QED) is 0.606. The first-order valence-electron chi connectivity index (χ1n) is 12.3. The van der Waals surface area contributed by atoms with E-state index in [-0.39, 0.29) is 5.78 Å². The van der Waals surface area contributed by atoms with Crippen molar-refractivity contribution >= 4 is 17.0 Å². The number of anilines is 1. The normalized spacial score (nSPS) is 17.6. The minimum atomic E-state index is 0.0808. The van der Waals surface area contributed by atoms with E-state index in [9.17, 15) is 4.79 Å². The van der Waals surface area contributed by atoms with Gasteiger partial charge >= 0.3 is 0 Å². The molecule has 5 rings (SSSR count). The Morgan fingerprint density at radius 3 is 2.59 bits per heavy atom. The van der Waals surface area contributed by atoms with Gasteiger partial charge in [0.2, 0.25) is 0 Å². The lowest BCUT2D eigenvalue weighted by Gasteiger charge is -2.25. The topological polar surface area (TPSA) is 32.3 Å². The predicted octanol–water partition coefficient (Wildman–Crippen LogP) is 6.31. The van der Waals surface area contributed by atoms with Gasteiger partial charge in [0, 0.05) is 17.8 Å². The van der Waals surface area contributed by atoms with Crippen LogP contribution in [-0.4, -0.2) is 36.9 Å². The molecule has 3 aliphatic rings. The number of fused-ring (bicyclic) bond motifs is 2. The fraction of sp³-hybridized carbons (Fsp3) is 0.414. The van der Waals surface area contributed by atoms with Crippen LogP contribution >= 0.6 is 0 Å². The molecule has 2 aromatic rings. The smallest absolute Gasteiger partial charge is 0.186 e. The van der Waals surface area contributed by atoms with Gasteiger partial charge < -0.3 is 10.2 Å². The van der Waals surface area contributed by atoms with Gasteiger partial charge in [-0.2, -0.15) is 0 Å². The summed E-state index contributed by atoms with van der Waals surface area (Å²) in [7, 11) is 0. The summed E-state index contributed by atoms with van der Waals surface area (Å²) in [5.74, 6) is 0.0808. The van der Waals surface area contributed by atoms with E-state index in [1.54, 1.807) is 6.08 Å². The summed E-state index contributed by atoms with van der Waals surface area (Å²) >= 11 is 0. The van der Waals surface area contributed by atoms with E-state index in [1.807, 2.05) is 24.3 Å². The molecular formula is C29H36N2O. The SMILES string of the molecule is C=C1C(Cc2ccc3c(c2)NCC3)=CC(=O)c2ccccc21.CCCCN1CCCCC1. The number of rotatable bonds is 5.